The molecule has 128 valence electrons. The predicted molar refractivity (Wildman–Crippen MR) is 97.9 cm³/mol. The maximum absolute atomic E-state index is 10.5. The van der Waals surface area contributed by atoms with Crippen LogP contribution in [0.5, 0.6) is 0 Å². The second-order valence-electron chi connectivity index (χ2n) is 6.81. The van der Waals surface area contributed by atoms with Gasteiger partial charge in [-0.1, -0.05) is 54.6 Å². The molecule has 1 heterocycles. The Balaban J connectivity index is 1.56. The van der Waals surface area contributed by atoms with Gasteiger partial charge in [-0.3, -0.25) is 4.90 Å². The van der Waals surface area contributed by atoms with Gasteiger partial charge in [-0.05, 0) is 37.0 Å². The van der Waals surface area contributed by atoms with E-state index >= 15 is 0 Å². The molecular weight excluding hydrogens is 298 g/mol. The number of ether oxygens (including phenoxy) is 1. The van der Waals surface area contributed by atoms with Gasteiger partial charge in [0.05, 0.1) is 18.3 Å². The maximum atomic E-state index is 10.5. The molecule has 1 saturated heterocycles. The van der Waals surface area contributed by atoms with Crippen LogP contribution in [0, 0.1) is 0 Å². The van der Waals surface area contributed by atoms with Crippen LogP contribution in [0.15, 0.2) is 54.6 Å². The van der Waals surface area contributed by atoms with Crippen molar-refractivity contribution >= 4 is 0 Å². The zero-order valence-electron chi connectivity index (χ0n) is 14.6. The molecule has 0 radical (unpaired) electrons. The molecule has 3 heteroatoms. The summed E-state index contributed by atoms with van der Waals surface area (Å²) in [7, 11) is 0. The van der Waals surface area contributed by atoms with E-state index in [0.717, 1.165) is 31.6 Å². The molecule has 2 aromatic rings. The maximum Gasteiger partial charge on any atom is 0.0802 e. The summed E-state index contributed by atoms with van der Waals surface area (Å²) in [5.74, 6) is 0. The first kappa shape index (κ1) is 17.2. The molecule has 3 nitrogen and oxygen atoms in total. The van der Waals surface area contributed by atoms with Crippen molar-refractivity contribution in [1.29, 1.82) is 0 Å². The van der Waals surface area contributed by atoms with Crippen molar-refractivity contribution in [3.8, 4) is 11.1 Å². The molecule has 2 aromatic carbocycles. The van der Waals surface area contributed by atoms with Crippen LogP contribution in [-0.4, -0.2) is 41.8 Å². The van der Waals surface area contributed by atoms with Gasteiger partial charge in [0.25, 0.3) is 0 Å². The van der Waals surface area contributed by atoms with Crippen molar-refractivity contribution < 1.29 is 9.84 Å². The molecule has 3 rings (SSSR count). The zero-order valence-corrected chi connectivity index (χ0v) is 14.6. The highest BCUT2D eigenvalue weighted by atomic mass is 16.5. The fourth-order valence-corrected chi connectivity index (χ4v) is 3.47. The monoisotopic (exact) mass is 325 g/mol. The molecular formula is C21H27NO2. The van der Waals surface area contributed by atoms with E-state index in [2.05, 4.69) is 43.0 Å². The number of rotatable bonds is 5. The Morgan fingerprint density at radius 1 is 0.958 bits per heavy atom. The van der Waals surface area contributed by atoms with E-state index in [1.165, 1.54) is 11.1 Å². The minimum Gasteiger partial charge on any atom is -0.388 e. The van der Waals surface area contributed by atoms with Gasteiger partial charge in [-0.25, -0.2) is 0 Å². The number of hydrogen-bond donors (Lipinski definition) is 1. The van der Waals surface area contributed by atoms with Gasteiger partial charge >= 0.3 is 0 Å². The summed E-state index contributed by atoms with van der Waals surface area (Å²) in [4.78, 5) is 2.39. The Morgan fingerprint density at radius 3 is 2.17 bits per heavy atom. The summed E-state index contributed by atoms with van der Waals surface area (Å²) in [6, 6.07) is 18.6. The second-order valence-corrected chi connectivity index (χ2v) is 6.81. The fourth-order valence-electron chi connectivity index (χ4n) is 3.47. The Bertz CT molecular complexity index is 616. The van der Waals surface area contributed by atoms with Gasteiger partial charge in [0, 0.05) is 19.6 Å². The topological polar surface area (TPSA) is 32.7 Å². The molecule has 1 fully saturated rings. The molecule has 0 saturated carbocycles. The van der Waals surface area contributed by atoms with Crippen LogP contribution >= 0.6 is 0 Å². The third-order valence-corrected chi connectivity index (χ3v) is 4.62. The van der Waals surface area contributed by atoms with E-state index in [-0.39, 0.29) is 12.2 Å². The summed E-state index contributed by atoms with van der Waals surface area (Å²) in [5, 5.41) is 10.5. The van der Waals surface area contributed by atoms with Crippen molar-refractivity contribution in [2.75, 3.05) is 19.6 Å². The summed E-state index contributed by atoms with van der Waals surface area (Å²) in [6.45, 7) is 7.02. The Morgan fingerprint density at radius 2 is 1.54 bits per heavy atom. The zero-order chi connectivity index (χ0) is 16.9. The molecule has 3 atom stereocenters. The summed E-state index contributed by atoms with van der Waals surface area (Å²) < 4.78 is 5.76. The molecule has 1 aliphatic rings. The van der Waals surface area contributed by atoms with Crippen molar-refractivity contribution in [2.45, 2.75) is 38.6 Å². The van der Waals surface area contributed by atoms with E-state index in [4.69, 9.17) is 4.74 Å². The predicted octanol–water partition coefficient (Wildman–Crippen LogP) is 3.89. The number of benzene rings is 2. The van der Waals surface area contributed by atoms with Crippen molar-refractivity contribution in [3.63, 3.8) is 0 Å². The van der Waals surface area contributed by atoms with Crippen LogP contribution in [0.25, 0.3) is 11.1 Å². The van der Waals surface area contributed by atoms with Gasteiger partial charge in [0.2, 0.25) is 0 Å². The van der Waals surface area contributed by atoms with Gasteiger partial charge < -0.3 is 9.84 Å². The normalized spacial score (nSPS) is 23.1. The first-order valence-electron chi connectivity index (χ1n) is 8.83. The van der Waals surface area contributed by atoms with Gasteiger partial charge in [0.15, 0.2) is 0 Å². The van der Waals surface area contributed by atoms with Crippen molar-refractivity contribution in [2.24, 2.45) is 0 Å². The van der Waals surface area contributed by atoms with Gasteiger partial charge in [-0.15, -0.1) is 0 Å². The highest BCUT2D eigenvalue weighted by Gasteiger charge is 2.22. The lowest BCUT2D eigenvalue weighted by Crippen LogP contribution is -2.45. The van der Waals surface area contributed by atoms with Crippen LogP contribution in [-0.2, 0) is 4.74 Å². The molecule has 1 aliphatic heterocycles. The summed E-state index contributed by atoms with van der Waals surface area (Å²) in [6.07, 6.45) is 0.889. The third-order valence-electron chi connectivity index (χ3n) is 4.62. The van der Waals surface area contributed by atoms with Gasteiger partial charge in [-0.2, -0.15) is 0 Å². The third kappa shape index (κ3) is 4.44. The lowest BCUT2D eigenvalue weighted by atomic mass is 10.0. The average Bonchev–Trinajstić information content (AvgIpc) is 2.60. The molecule has 0 bridgehead atoms. The highest BCUT2D eigenvalue weighted by molar-refractivity contribution is 5.63. The Hall–Kier alpha value is -1.68. The van der Waals surface area contributed by atoms with Crippen LogP contribution in [0.1, 0.15) is 31.9 Å². The molecule has 3 unspecified atom stereocenters. The minimum atomic E-state index is -0.414. The number of aliphatic hydroxyl groups excluding tert-OH is 1. The first-order valence-corrected chi connectivity index (χ1v) is 8.83. The number of aliphatic hydroxyl groups is 1. The fraction of sp³-hybridized carbons (Fsp3) is 0.429. The van der Waals surface area contributed by atoms with Crippen LogP contribution in [0.3, 0.4) is 0 Å². The number of nitrogens with zero attached hydrogens (tertiary/aromatic N) is 1. The minimum absolute atomic E-state index is 0.274. The molecule has 24 heavy (non-hydrogen) atoms. The molecule has 1 N–H and O–H groups in total. The van der Waals surface area contributed by atoms with Crippen LogP contribution in [0.4, 0.5) is 0 Å². The Kier molecular flexibility index (Phi) is 5.67. The second kappa shape index (κ2) is 7.93. The molecule has 0 aliphatic carbocycles. The lowest BCUT2D eigenvalue weighted by Gasteiger charge is -2.35. The molecule has 0 amide bonds. The Labute approximate surface area is 144 Å². The summed E-state index contributed by atoms with van der Waals surface area (Å²) >= 11 is 0. The molecule has 0 spiro atoms. The van der Waals surface area contributed by atoms with E-state index in [1.807, 2.05) is 30.3 Å². The SMILES string of the molecule is CC1CN(CCC(O)c2ccc(-c3ccccc3)cc2)CC(C)O1. The largest absolute Gasteiger partial charge is 0.388 e. The number of morpholine rings is 1. The summed E-state index contributed by atoms with van der Waals surface area (Å²) in [5.41, 5.74) is 3.38. The first-order chi connectivity index (χ1) is 11.6. The lowest BCUT2D eigenvalue weighted by molar-refractivity contribution is -0.0702. The van der Waals surface area contributed by atoms with Crippen LogP contribution in [0.2, 0.25) is 0 Å². The van der Waals surface area contributed by atoms with E-state index < -0.39 is 6.10 Å². The number of hydrogen-bond acceptors (Lipinski definition) is 3. The van der Waals surface area contributed by atoms with Gasteiger partial charge in [0.1, 0.15) is 0 Å². The van der Waals surface area contributed by atoms with Crippen molar-refractivity contribution in [3.05, 3.63) is 60.2 Å². The van der Waals surface area contributed by atoms with E-state index in [9.17, 15) is 5.11 Å². The quantitative estimate of drug-likeness (QED) is 0.905. The smallest absolute Gasteiger partial charge is 0.0802 e. The van der Waals surface area contributed by atoms with E-state index in [1.54, 1.807) is 0 Å². The van der Waals surface area contributed by atoms with E-state index in [0.29, 0.717) is 0 Å². The average molecular weight is 325 g/mol. The standard InChI is InChI=1S/C21H27NO2/c1-16-14-22(15-17(2)24-16)13-12-21(23)20-10-8-19(9-11-20)18-6-4-3-5-7-18/h3-11,16-17,21,23H,12-15H2,1-2H3. The van der Waals surface area contributed by atoms with Crippen LogP contribution < -0.4 is 0 Å². The van der Waals surface area contributed by atoms with Crippen molar-refractivity contribution in [1.82, 2.24) is 4.90 Å². The molecule has 0 aromatic heterocycles. The highest BCUT2D eigenvalue weighted by Crippen LogP contribution is 2.23.